The van der Waals surface area contributed by atoms with Gasteiger partial charge in [-0.15, -0.1) is 13.2 Å². The lowest BCUT2D eigenvalue weighted by molar-refractivity contribution is -0.123. The van der Waals surface area contributed by atoms with E-state index >= 15 is 0 Å². The molecule has 0 saturated heterocycles. The van der Waals surface area contributed by atoms with Crippen LogP contribution in [0.4, 0.5) is 9.59 Å². The monoisotopic (exact) mass is 607 g/mol. The molecule has 1 aliphatic carbocycles. The molecule has 3 atom stereocenters. The minimum Gasteiger partial charge on any atom is -0.497 e. The fourth-order valence-electron chi connectivity index (χ4n) is 3.46. The van der Waals surface area contributed by atoms with E-state index in [1.54, 1.807) is 12.1 Å². The van der Waals surface area contributed by atoms with E-state index < -0.39 is 54.7 Å². The van der Waals surface area contributed by atoms with Gasteiger partial charge in [-0.1, -0.05) is 12.2 Å². The molecule has 1 aromatic carbocycles. The van der Waals surface area contributed by atoms with Crippen molar-refractivity contribution in [3.8, 4) is 5.75 Å². The van der Waals surface area contributed by atoms with Gasteiger partial charge in [0.15, 0.2) is 6.10 Å². The number of carbonyl (C=O) groups excluding carboxylic acids is 5. The van der Waals surface area contributed by atoms with Crippen molar-refractivity contribution in [3.05, 3.63) is 65.2 Å². The normalized spacial score (nSPS) is 17.9. The number of amides is 5. The minimum absolute atomic E-state index is 0.0547. The zero-order chi connectivity index (χ0) is 28.9. The zero-order valence-electron chi connectivity index (χ0n) is 21.2. The first kappa shape index (κ1) is 30.9. The molecule has 0 heterocycles. The van der Waals surface area contributed by atoms with E-state index in [-0.39, 0.29) is 30.6 Å². The van der Waals surface area contributed by atoms with Crippen molar-refractivity contribution in [1.29, 1.82) is 0 Å². The Kier molecular flexibility index (Phi) is 12.0. The van der Waals surface area contributed by atoms with Gasteiger partial charge in [-0.25, -0.2) is 9.59 Å². The lowest BCUT2D eigenvalue weighted by Crippen LogP contribution is -2.55. The maximum atomic E-state index is 13.3. The number of ether oxygens (including phenoxy) is 3. The van der Waals surface area contributed by atoms with Gasteiger partial charge in [-0.05, 0) is 40.2 Å². The molecule has 6 N–H and O–H groups in total. The van der Waals surface area contributed by atoms with E-state index in [1.165, 1.54) is 31.4 Å². The fraction of sp³-hybridized carbons (Fsp3) is 0.320. The molecule has 0 aliphatic heterocycles. The fourth-order valence-corrected chi connectivity index (χ4v) is 3.89. The summed E-state index contributed by atoms with van der Waals surface area (Å²) in [6, 6.07) is 3.59. The largest absolute Gasteiger partial charge is 0.497 e. The number of primary amides is 1. The first-order chi connectivity index (χ1) is 18.6. The first-order valence-electron chi connectivity index (χ1n) is 11.6. The summed E-state index contributed by atoms with van der Waals surface area (Å²) < 4.78 is 16.6. The highest BCUT2D eigenvalue weighted by Crippen LogP contribution is 2.27. The highest BCUT2D eigenvalue weighted by Gasteiger charge is 2.41. The van der Waals surface area contributed by atoms with E-state index in [0.29, 0.717) is 10.2 Å². The summed E-state index contributed by atoms with van der Waals surface area (Å²) in [7, 11) is 1.44. The molecule has 1 aromatic rings. The summed E-state index contributed by atoms with van der Waals surface area (Å²) in [5.41, 5.74) is 5.36. The van der Waals surface area contributed by atoms with Crippen molar-refractivity contribution >= 4 is 45.8 Å². The van der Waals surface area contributed by atoms with Gasteiger partial charge in [0.05, 0.1) is 25.3 Å². The molecule has 0 saturated carbocycles. The second-order valence-electron chi connectivity index (χ2n) is 8.04. The molecule has 39 heavy (non-hydrogen) atoms. The second-order valence-corrected chi connectivity index (χ2v) is 8.90. The Morgan fingerprint density at radius 2 is 1.67 bits per heavy atom. The van der Waals surface area contributed by atoms with Crippen molar-refractivity contribution in [2.24, 2.45) is 5.73 Å². The van der Waals surface area contributed by atoms with Crippen LogP contribution in [0.2, 0.25) is 0 Å². The summed E-state index contributed by atoms with van der Waals surface area (Å²) in [5, 5.41) is 9.95. The third kappa shape index (κ3) is 9.48. The molecule has 210 valence electrons. The van der Waals surface area contributed by atoms with E-state index in [0.717, 1.165) is 0 Å². The van der Waals surface area contributed by atoms with E-state index in [9.17, 15) is 24.0 Å². The molecule has 1 aliphatic rings. The maximum absolute atomic E-state index is 13.3. The molecular formula is C25H30BrN5O8. The number of hydrogen-bond acceptors (Lipinski definition) is 8. The highest BCUT2D eigenvalue weighted by atomic mass is 79.9. The van der Waals surface area contributed by atoms with Crippen LogP contribution in [0.25, 0.3) is 0 Å². The number of alkyl carbamates (subject to hydrolysis) is 2. The zero-order valence-corrected chi connectivity index (χ0v) is 22.7. The molecule has 2 rings (SSSR count). The number of hydrogen-bond donors (Lipinski definition) is 5. The average Bonchev–Trinajstić information content (AvgIpc) is 2.90. The van der Waals surface area contributed by atoms with Crippen molar-refractivity contribution in [3.63, 3.8) is 0 Å². The molecular weight excluding hydrogens is 578 g/mol. The lowest BCUT2D eigenvalue weighted by Gasteiger charge is -2.36. The summed E-state index contributed by atoms with van der Waals surface area (Å²) in [6.07, 6.45) is -0.226. The van der Waals surface area contributed by atoms with Crippen molar-refractivity contribution < 1.29 is 38.2 Å². The van der Waals surface area contributed by atoms with Crippen LogP contribution in [0.5, 0.6) is 5.75 Å². The van der Waals surface area contributed by atoms with Crippen LogP contribution < -0.4 is 31.7 Å². The van der Waals surface area contributed by atoms with Crippen LogP contribution in [0.3, 0.4) is 0 Å². The number of carbonyl (C=O) groups is 5. The van der Waals surface area contributed by atoms with Gasteiger partial charge in [-0.3, -0.25) is 14.4 Å². The number of benzene rings is 1. The number of rotatable bonds is 12. The smallest absolute Gasteiger partial charge is 0.407 e. The van der Waals surface area contributed by atoms with Crippen LogP contribution in [0.1, 0.15) is 16.8 Å². The van der Waals surface area contributed by atoms with Gasteiger partial charge in [0.25, 0.3) is 5.91 Å². The number of nitrogens with two attached hydrogens (primary N) is 1. The lowest BCUT2D eigenvalue weighted by atomic mass is 9.89. The van der Waals surface area contributed by atoms with Crippen molar-refractivity contribution in [2.45, 2.75) is 24.7 Å². The van der Waals surface area contributed by atoms with E-state index in [2.05, 4.69) is 50.4 Å². The Balaban J connectivity index is 2.47. The molecule has 14 heteroatoms. The number of nitrogens with one attached hydrogen (secondary N) is 4. The molecule has 0 unspecified atom stereocenters. The van der Waals surface area contributed by atoms with Crippen LogP contribution >= 0.6 is 15.9 Å². The molecule has 0 fully saturated rings. The predicted octanol–water partition coefficient (Wildman–Crippen LogP) is 1.05. The molecule has 0 aromatic heterocycles. The topological polar surface area (TPSA) is 187 Å². The van der Waals surface area contributed by atoms with Gasteiger partial charge in [0.2, 0.25) is 11.8 Å². The van der Waals surface area contributed by atoms with E-state index in [1.807, 2.05) is 0 Å². The quantitative estimate of drug-likeness (QED) is 0.218. The third-order valence-electron chi connectivity index (χ3n) is 5.24. The molecule has 0 spiro atoms. The second kappa shape index (κ2) is 15.2. The maximum Gasteiger partial charge on any atom is 0.407 e. The average molecular weight is 608 g/mol. The Hall–Kier alpha value is -4.33. The number of halogens is 1. The van der Waals surface area contributed by atoms with Gasteiger partial charge in [0, 0.05) is 29.6 Å². The Bertz CT molecular complexity index is 1160. The van der Waals surface area contributed by atoms with Gasteiger partial charge < -0.3 is 41.2 Å². The molecule has 0 bridgehead atoms. The SMILES string of the molecule is C=CCNC(=O)O[C@@H]1[C@H](NC(=O)c2cc(OC)ccc2Br)C=C(C(=O)NCC(N)=O)C[C@H]1OC(=O)NCC=C. The minimum atomic E-state index is -1.26. The Labute approximate surface area is 233 Å². The summed E-state index contributed by atoms with van der Waals surface area (Å²) in [6.45, 7) is 6.75. The summed E-state index contributed by atoms with van der Waals surface area (Å²) >= 11 is 3.32. The Morgan fingerprint density at radius 1 is 1.03 bits per heavy atom. The molecule has 5 amide bonds. The summed E-state index contributed by atoms with van der Waals surface area (Å²) in [5.74, 6) is -1.67. The van der Waals surface area contributed by atoms with Gasteiger partial charge in [0.1, 0.15) is 11.9 Å². The molecule has 0 radical (unpaired) electrons. The van der Waals surface area contributed by atoms with Crippen LogP contribution in [0, 0.1) is 0 Å². The van der Waals surface area contributed by atoms with Crippen molar-refractivity contribution in [2.75, 3.05) is 26.7 Å². The first-order valence-corrected chi connectivity index (χ1v) is 12.4. The third-order valence-corrected chi connectivity index (χ3v) is 5.93. The highest BCUT2D eigenvalue weighted by molar-refractivity contribution is 9.10. The van der Waals surface area contributed by atoms with E-state index in [4.69, 9.17) is 19.9 Å². The molecule has 13 nitrogen and oxygen atoms in total. The predicted molar refractivity (Wildman–Crippen MR) is 144 cm³/mol. The van der Waals surface area contributed by atoms with Crippen molar-refractivity contribution in [1.82, 2.24) is 21.3 Å². The number of methoxy groups -OCH3 is 1. The standard InChI is InChI=1S/C25H30BrN5O8/c1-4-8-28-24(35)38-19-11-14(22(33)30-13-20(27)32)10-18(21(19)39-25(36)29-9-5-2)31-23(34)16-12-15(37-3)6-7-17(16)26/h4-7,10,12,18-19,21H,1-2,8-9,11,13H2,3H3,(H2,27,32)(H,28,35)(H,29,36)(H,30,33)(H,31,34)/t18-,19-,21-/m1/s1. The van der Waals surface area contributed by atoms with Crippen LogP contribution in [-0.4, -0.2) is 74.9 Å². The summed E-state index contributed by atoms with van der Waals surface area (Å²) in [4.78, 5) is 62.1. The van der Waals surface area contributed by atoms with Gasteiger partial charge >= 0.3 is 12.2 Å². The van der Waals surface area contributed by atoms with Gasteiger partial charge in [-0.2, -0.15) is 0 Å². The Morgan fingerprint density at radius 3 is 2.26 bits per heavy atom. The van der Waals surface area contributed by atoms with Crippen LogP contribution in [0.15, 0.2) is 59.6 Å². The van der Waals surface area contributed by atoms with Crippen LogP contribution in [-0.2, 0) is 19.1 Å².